The van der Waals surface area contributed by atoms with E-state index < -0.39 is 6.09 Å². The Morgan fingerprint density at radius 2 is 1.91 bits per heavy atom. The first-order valence-electron chi connectivity index (χ1n) is 7.18. The summed E-state index contributed by atoms with van der Waals surface area (Å²) >= 11 is 0. The lowest BCUT2D eigenvalue weighted by atomic mass is 10.2. The van der Waals surface area contributed by atoms with Gasteiger partial charge < -0.3 is 9.94 Å². The van der Waals surface area contributed by atoms with Crippen molar-refractivity contribution in [2.45, 2.75) is 19.4 Å². The predicted octanol–water partition coefficient (Wildman–Crippen LogP) is 3.08. The van der Waals surface area contributed by atoms with Gasteiger partial charge in [-0.05, 0) is 24.5 Å². The Morgan fingerprint density at radius 1 is 1.18 bits per heavy atom. The van der Waals surface area contributed by atoms with Gasteiger partial charge in [0, 0.05) is 6.07 Å². The zero-order chi connectivity index (χ0) is 15.8. The second-order valence-corrected chi connectivity index (χ2v) is 4.78. The summed E-state index contributed by atoms with van der Waals surface area (Å²) in [6.07, 6.45) is 2.19. The molecule has 0 saturated carbocycles. The Bertz CT molecular complexity index is 602. The Labute approximate surface area is 130 Å². The van der Waals surface area contributed by atoms with Crippen LogP contribution in [0.5, 0.6) is 0 Å². The minimum atomic E-state index is -0.534. The van der Waals surface area contributed by atoms with Crippen LogP contribution in [0.4, 0.5) is 10.6 Å². The zero-order valence-electron chi connectivity index (χ0n) is 12.4. The predicted molar refractivity (Wildman–Crippen MR) is 84.0 cm³/mol. The second-order valence-electron chi connectivity index (χ2n) is 4.78. The molecule has 1 radical (unpaired) electrons. The standard InChI is InChI=1S/C17H19N2O3/c1-2-3-12-18(16-11-7-8-13-19(16)21)17(20)22-14-15-9-5-4-6-10-15/h4-11,13H,1-3,12,14H2. The average molecular weight is 299 g/mol. The molecule has 22 heavy (non-hydrogen) atoms. The summed E-state index contributed by atoms with van der Waals surface area (Å²) in [4.78, 5) is 13.7. The number of carbonyl (C=O) groups is 1. The van der Waals surface area contributed by atoms with Gasteiger partial charge in [-0.15, -0.1) is 0 Å². The highest BCUT2D eigenvalue weighted by atomic mass is 16.6. The van der Waals surface area contributed by atoms with Crippen LogP contribution in [-0.4, -0.2) is 12.6 Å². The van der Waals surface area contributed by atoms with E-state index in [1.54, 1.807) is 18.2 Å². The summed E-state index contributed by atoms with van der Waals surface area (Å²) < 4.78 is 5.97. The molecule has 5 heteroatoms. The van der Waals surface area contributed by atoms with E-state index in [1.807, 2.05) is 30.3 Å². The maximum Gasteiger partial charge on any atom is 0.507 e. The fraction of sp³-hybridized carbons (Fsp3) is 0.235. The molecule has 0 saturated heterocycles. The monoisotopic (exact) mass is 299 g/mol. The Hall–Kier alpha value is -2.56. The van der Waals surface area contributed by atoms with Crippen LogP contribution in [0.25, 0.3) is 0 Å². The van der Waals surface area contributed by atoms with E-state index in [4.69, 9.17) is 4.74 Å². The summed E-state index contributed by atoms with van der Waals surface area (Å²) in [5, 5.41) is 11.9. The number of rotatable bonds is 6. The van der Waals surface area contributed by atoms with Crippen molar-refractivity contribution in [3.05, 3.63) is 72.4 Å². The van der Waals surface area contributed by atoms with Gasteiger partial charge in [0.15, 0.2) is 0 Å². The molecule has 1 amide bonds. The molecule has 115 valence electrons. The number of ether oxygens (including phenoxy) is 1. The minimum Gasteiger partial charge on any atom is -0.711 e. The van der Waals surface area contributed by atoms with Crippen LogP contribution in [-0.2, 0) is 11.3 Å². The molecule has 0 fully saturated rings. The van der Waals surface area contributed by atoms with Crippen molar-refractivity contribution in [1.29, 1.82) is 0 Å². The fourth-order valence-electron chi connectivity index (χ4n) is 1.99. The van der Waals surface area contributed by atoms with Gasteiger partial charge >= 0.3 is 6.09 Å². The van der Waals surface area contributed by atoms with E-state index in [9.17, 15) is 10.0 Å². The molecule has 1 heterocycles. The number of aromatic nitrogens is 1. The lowest BCUT2D eigenvalue weighted by Crippen LogP contribution is -2.42. The zero-order valence-corrected chi connectivity index (χ0v) is 12.4. The second kappa shape index (κ2) is 8.02. The number of hydrogen-bond donors (Lipinski definition) is 0. The van der Waals surface area contributed by atoms with E-state index in [2.05, 4.69) is 6.92 Å². The normalized spacial score (nSPS) is 10.2. The van der Waals surface area contributed by atoms with Gasteiger partial charge in [-0.3, -0.25) is 0 Å². The number of hydrogen-bond acceptors (Lipinski definition) is 3. The lowest BCUT2D eigenvalue weighted by molar-refractivity contribution is -0.591. The van der Waals surface area contributed by atoms with Crippen LogP contribution >= 0.6 is 0 Å². The molecule has 0 atom stereocenters. The highest BCUT2D eigenvalue weighted by Gasteiger charge is 2.26. The molecule has 0 spiro atoms. The number of amides is 1. The van der Waals surface area contributed by atoms with Gasteiger partial charge in [-0.25, -0.2) is 4.73 Å². The quantitative estimate of drug-likeness (QED) is 0.608. The molecule has 0 N–H and O–H groups in total. The van der Waals surface area contributed by atoms with E-state index >= 15 is 0 Å². The molecule has 2 rings (SSSR count). The lowest BCUT2D eigenvalue weighted by Gasteiger charge is -2.18. The van der Waals surface area contributed by atoms with Gasteiger partial charge in [0.05, 0.1) is 12.7 Å². The molecule has 0 aliphatic carbocycles. The van der Waals surface area contributed by atoms with Gasteiger partial charge in [-0.2, -0.15) is 9.69 Å². The molecule has 5 nitrogen and oxygen atoms in total. The van der Waals surface area contributed by atoms with Crippen LogP contribution < -0.4 is 9.63 Å². The molecule has 1 aromatic heterocycles. The number of anilines is 1. The molecule has 2 aromatic rings. The summed E-state index contributed by atoms with van der Waals surface area (Å²) in [6, 6.07) is 14.3. The maximum atomic E-state index is 12.3. The summed E-state index contributed by atoms with van der Waals surface area (Å²) in [5.74, 6) is 0.258. The number of unbranched alkanes of at least 4 members (excludes halogenated alkanes) is 1. The summed E-state index contributed by atoms with van der Waals surface area (Å²) in [6.45, 7) is 4.33. The van der Waals surface area contributed by atoms with E-state index in [0.717, 1.165) is 5.56 Å². The van der Waals surface area contributed by atoms with Crippen molar-refractivity contribution in [2.24, 2.45) is 0 Å². The van der Waals surface area contributed by atoms with Crippen molar-refractivity contribution in [3.8, 4) is 0 Å². The molecular weight excluding hydrogens is 280 g/mol. The smallest absolute Gasteiger partial charge is 0.507 e. The van der Waals surface area contributed by atoms with Crippen molar-refractivity contribution in [2.75, 3.05) is 11.4 Å². The van der Waals surface area contributed by atoms with E-state index in [1.165, 1.54) is 11.1 Å². The van der Waals surface area contributed by atoms with E-state index in [-0.39, 0.29) is 12.4 Å². The van der Waals surface area contributed by atoms with Gasteiger partial charge in [0.25, 0.3) is 5.82 Å². The number of benzene rings is 1. The first kappa shape index (κ1) is 15.8. The summed E-state index contributed by atoms with van der Waals surface area (Å²) in [5.41, 5.74) is 0.899. The Kier molecular flexibility index (Phi) is 5.77. The van der Waals surface area contributed by atoms with Gasteiger partial charge in [-0.1, -0.05) is 43.3 Å². The third-order valence-corrected chi connectivity index (χ3v) is 3.14. The van der Waals surface area contributed by atoms with Crippen LogP contribution in [0.3, 0.4) is 0 Å². The van der Waals surface area contributed by atoms with Crippen molar-refractivity contribution in [3.63, 3.8) is 0 Å². The first-order valence-corrected chi connectivity index (χ1v) is 7.18. The third kappa shape index (κ3) is 4.22. The molecule has 1 aromatic carbocycles. The molecule has 0 aliphatic rings. The van der Waals surface area contributed by atoms with Crippen molar-refractivity contribution < 1.29 is 14.3 Å². The van der Waals surface area contributed by atoms with Crippen LogP contribution in [0, 0.1) is 12.1 Å². The third-order valence-electron chi connectivity index (χ3n) is 3.14. The van der Waals surface area contributed by atoms with Crippen LogP contribution in [0.2, 0.25) is 0 Å². The highest BCUT2D eigenvalue weighted by Crippen LogP contribution is 2.12. The molecule has 0 bridgehead atoms. The SMILES string of the molecule is [CH2]CCCN(C(=O)OCc1ccccc1)c1cccc[n+]1[O-]. The van der Waals surface area contributed by atoms with Gasteiger partial charge in [0.2, 0.25) is 0 Å². The maximum absolute atomic E-state index is 12.3. The molecule has 0 unspecified atom stereocenters. The molecule has 0 aliphatic heterocycles. The van der Waals surface area contributed by atoms with Crippen molar-refractivity contribution >= 4 is 11.9 Å². The molecular formula is C17H19N2O3. The van der Waals surface area contributed by atoms with Crippen molar-refractivity contribution in [1.82, 2.24) is 0 Å². The highest BCUT2D eigenvalue weighted by molar-refractivity contribution is 5.85. The van der Waals surface area contributed by atoms with Gasteiger partial charge in [0.1, 0.15) is 6.61 Å². The fourth-order valence-corrected chi connectivity index (χ4v) is 1.99. The van der Waals surface area contributed by atoms with E-state index in [0.29, 0.717) is 24.1 Å². The first-order chi connectivity index (χ1) is 10.7. The summed E-state index contributed by atoms with van der Waals surface area (Å²) in [7, 11) is 0. The van der Waals surface area contributed by atoms with Crippen LogP contribution in [0.1, 0.15) is 18.4 Å². The Balaban J connectivity index is 2.08. The number of pyridine rings is 1. The minimum absolute atomic E-state index is 0.173. The van der Waals surface area contributed by atoms with Crippen LogP contribution in [0.15, 0.2) is 54.7 Å². The topological polar surface area (TPSA) is 56.5 Å². The Morgan fingerprint density at radius 3 is 2.59 bits per heavy atom. The number of nitrogens with zero attached hydrogens (tertiary/aromatic N) is 2. The largest absolute Gasteiger partial charge is 0.711 e. The number of carbonyl (C=O) groups excluding carboxylic acids is 1. The average Bonchev–Trinajstić information content (AvgIpc) is 2.55.